The van der Waals surface area contributed by atoms with Crippen LogP contribution >= 0.6 is 0 Å². The molecular formula is C12H14. The molecule has 0 heterocycles. The molecule has 0 unspecified atom stereocenters. The number of hydrogen-bond donors (Lipinski definition) is 0. The average molecular weight is 158 g/mol. The second-order valence-corrected chi connectivity index (χ2v) is 3.47. The van der Waals surface area contributed by atoms with Gasteiger partial charge in [-0.25, -0.2) is 0 Å². The summed E-state index contributed by atoms with van der Waals surface area (Å²) in [6.07, 6.45) is 11.4. The maximum Gasteiger partial charge on any atom is -0.0129 e. The van der Waals surface area contributed by atoms with E-state index in [1.165, 1.54) is 22.3 Å². The monoisotopic (exact) mass is 158 g/mol. The van der Waals surface area contributed by atoms with Crippen molar-refractivity contribution in [2.24, 2.45) is 0 Å². The van der Waals surface area contributed by atoms with Gasteiger partial charge in [0, 0.05) is 0 Å². The van der Waals surface area contributed by atoms with E-state index in [1.54, 1.807) is 0 Å². The van der Waals surface area contributed by atoms with Crippen LogP contribution in [0.3, 0.4) is 0 Å². The van der Waals surface area contributed by atoms with Crippen molar-refractivity contribution in [3.8, 4) is 0 Å². The number of rotatable bonds is 1. The van der Waals surface area contributed by atoms with E-state index < -0.39 is 0 Å². The highest BCUT2D eigenvalue weighted by atomic mass is 14.2. The van der Waals surface area contributed by atoms with Gasteiger partial charge in [0.1, 0.15) is 0 Å². The van der Waals surface area contributed by atoms with Crippen LogP contribution in [0.1, 0.15) is 26.7 Å². The first kappa shape index (κ1) is 7.60. The molecule has 0 radical (unpaired) electrons. The first-order chi connectivity index (χ1) is 5.81. The Morgan fingerprint density at radius 1 is 1.33 bits per heavy atom. The summed E-state index contributed by atoms with van der Waals surface area (Å²) in [6, 6.07) is 0. The van der Waals surface area contributed by atoms with Gasteiger partial charge >= 0.3 is 0 Å². The zero-order valence-electron chi connectivity index (χ0n) is 7.72. The molecule has 2 aliphatic carbocycles. The molecule has 0 spiro atoms. The third-order valence-electron chi connectivity index (χ3n) is 2.57. The topological polar surface area (TPSA) is 0 Å². The van der Waals surface area contributed by atoms with E-state index in [0.29, 0.717) is 0 Å². The van der Waals surface area contributed by atoms with Gasteiger partial charge in [0.05, 0.1) is 0 Å². The van der Waals surface area contributed by atoms with Crippen LogP contribution in [0, 0.1) is 0 Å². The molecule has 0 aliphatic heterocycles. The van der Waals surface area contributed by atoms with Gasteiger partial charge in [0.2, 0.25) is 0 Å². The zero-order chi connectivity index (χ0) is 8.55. The lowest BCUT2D eigenvalue weighted by atomic mass is 9.96. The van der Waals surface area contributed by atoms with Gasteiger partial charge in [-0.3, -0.25) is 0 Å². The smallest absolute Gasteiger partial charge is 0.0129 e. The molecule has 2 rings (SSSR count). The van der Waals surface area contributed by atoms with E-state index in [2.05, 4.69) is 38.2 Å². The maximum absolute atomic E-state index is 2.33. The lowest BCUT2D eigenvalue weighted by Crippen LogP contribution is -1.90. The van der Waals surface area contributed by atoms with Crippen molar-refractivity contribution in [3.63, 3.8) is 0 Å². The molecule has 0 aromatic rings. The summed E-state index contributed by atoms with van der Waals surface area (Å²) >= 11 is 0. The predicted octanol–water partition coefficient (Wildman–Crippen LogP) is 3.54. The molecule has 0 nitrogen and oxygen atoms in total. The van der Waals surface area contributed by atoms with Crippen molar-refractivity contribution in [2.45, 2.75) is 26.7 Å². The van der Waals surface area contributed by atoms with Crippen molar-refractivity contribution >= 4 is 0 Å². The van der Waals surface area contributed by atoms with Crippen molar-refractivity contribution in [1.29, 1.82) is 0 Å². The van der Waals surface area contributed by atoms with Gasteiger partial charge in [-0.1, -0.05) is 36.8 Å². The average Bonchev–Trinajstić information content (AvgIpc) is 2.49. The van der Waals surface area contributed by atoms with E-state index >= 15 is 0 Å². The van der Waals surface area contributed by atoms with Crippen molar-refractivity contribution in [1.82, 2.24) is 0 Å². The molecule has 0 N–H and O–H groups in total. The van der Waals surface area contributed by atoms with Crippen LogP contribution in [0.5, 0.6) is 0 Å². The Balaban J connectivity index is 2.44. The minimum Gasteiger partial charge on any atom is -0.0798 e. The van der Waals surface area contributed by atoms with E-state index in [-0.39, 0.29) is 0 Å². The fraction of sp³-hybridized carbons (Fsp3) is 0.333. The lowest BCUT2D eigenvalue weighted by molar-refractivity contribution is 1.15. The molecule has 0 fully saturated rings. The Morgan fingerprint density at radius 2 is 2.17 bits per heavy atom. The standard InChI is InChI=1S/C12H14/c1-3-10-7-11-6-4-5-9(2)12(11)8-10/h4,6-8H,3,5H2,1-2H3. The molecule has 2 aliphatic rings. The van der Waals surface area contributed by atoms with Crippen LogP contribution in [0.25, 0.3) is 0 Å². The molecule has 62 valence electrons. The van der Waals surface area contributed by atoms with Crippen LogP contribution in [-0.4, -0.2) is 0 Å². The van der Waals surface area contributed by atoms with Gasteiger partial charge in [-0.2, -0.15) is 0 Å². The largest absolute Gasteiger partial charge is 0.0798 e. The summed E-state index contributed by atoms with van der Waals surface area (Å²) in [5.41, 5.74) is 5.85. The van der Waals surface area contributed by atoms with Gasteiger partial charge < -0.3 is 0 Å². The Hall–Kier alpha value is -1.04. The zero-order valence-corrected chi connectivity index (χ0v) is 7.72. The third kappa shape index (κ3) is 1.08. The number of fused-ring (bicyclic) bond motifs is 1. The number of hydrogen-bond acceptors (Lipinski definition) is 0. The van der Waals surface area contributed by atoms with Crippen LogP contribution in [0.15, 0.2) is 46.6 Å². The van der Waals surface area contributed by atoms with Crippen molar-refractivity contribution < 1.29 is 0 Å². The second kappa shape index (κ2) is 2.78. The Morgan fingerprint density at radius 3 is 2.83 bits per heavy atom. The van der Waals surface area contributed by atoms with E-state index in [4.69, 9.17) is 0 Å². The Kier molecular flexibility index (Phi) is 1.76. The molecular weight excluding hydrogens is 144 g/mol. The van der Waals surface area contributed by atoms with Crippen LogP contribution in [0.4, 0.5) is 0 Å². The first-order valence-electron chi connectivity index (χ1n) is 4.60. The predicted molar refractivity (Wildman–Crippen MR) is 52.9 cm³/mol. The summed E-state index contributed by atoms with van der Waals surface area (Å²) in [5, 5.41) is 0. The third-order valence-corrected chi connectivity index (χ3v) is 2.57. The van der Waals surface area contributed by atoms with Crippen molar-refractivity contribution in [2.75, 3.05) is 0 Å². The van der Waals surface area contributed by atoms with E-state index in [1.807, 2.05) is 0 Å². The summed E-state index contributed by atoms with van der Waals surface area (Å²) in [5.74, 6) is 0. The Bertz CT molecular complexity index is 322. The van der Waals surface area contributed by atoms with Crippen LogP contribution in [-0.2, 0) is 0 Å². The molecule has 0 saturated carbocycles. The summed E-state index contributed by atoms with van der Waals surface area (Å²) in [7, 11) is 0. The van der Waals surface area contributed by atoms with Gasteiger partial charge in [0.25, 0.3) is 0 Å². The molecule has 0 heteroatoms. The minimum atomic E-state index is 1.13. The molecule has 0 aromatic heterocycles. The summed E-state index contributed by atoms with van der Waals surface area (Å²) < 4.78 is 0. The second-order valence-electron chi connectivity index (χ2n) is 3.47. The maximum atomic E-state index is 2.33. The first-order valence-corrected chi connectivity index (χ1v) is 4.60. The summed E-state index contributed by atoms with van der Waals surface area (Å²) in [6.45, 7) is 4.43. The fourth-order valence-corrected chi connectivity index (χ4v) is 1.77. The highest BCUT2D eigenvalue weighted by molar-refractivity contribution is 5.61. The lowest BCUT2D eigenvalue weighted by Gasteiger charge is -2.09. The van der Waals surface area contributed by atoms with Crippen LogP contribution in [0.2, 0.25) is 0 Å². The van der Waals surface area contributed by atoms with Gasteiger partial charge in [-0.05, 0) is 36.5 Å². The highest BCUT2D eigenvalue weighted by Crippen LogP contribution is 2.32. The number of allylic oxidation sites excluding steroid dienone is 8. The van der Waals surface area contributed by atoms with Crippen molar-refractivity contribution in [3.05, 3.63) is 46.6 Å². The SMILES string of the molecule is CCC1=CC2=C(C)CC=CC2=C1. The van der Waals surface area contributed by atoms with E-state index in [9.17, 15) is 0 Å². The molecule has 12 heavy (non-hydrogen) atoms. The minimum absolute atomic E-state index is 1.13. The fourth-order valence-electron chi connectivity index (χ4n) is 1.77. The molecule has 0 aromatic carbocycles. The molecule has 0 bridgehead atoms. The van der Waals surface area contributed by atoms with Crippen LogP contribution < -0.4 is 0 Å². The highest BCUT2D eigenvalue weighted by Gasteiger charge is 2.13. The molecule has 0 atom stereocenters. The molecule has 0 saturated heterocycles. The van der Waals surface area contributed by atoms with E-state index in [0.717, 1.165) is 12.8 Å². The Labute approximate surface area is 74.0 Å². The van der Waals surface area contributed by atoms with Gasteiger partial charge in [0.15, 0.2) is 0 Å². The normalized spacial score (nSPS) is 20.8. The molecule has 0 amide bonds. The quantitative estimate of drug-likeness (QED) is 0.547. The summed E-state index contributed by atoms with van der Waals surface area (Å²) in [4.78, 5) is 0. The van der Waals surface area contributed by atoms with Gasteiger partial charge in [-0.15, -0.1) is 0 Å².